The lowest BCUT2D eigenvalue weighted by Crippen LogP contribution is -2.16. The molecule has 2 aromatic rings. The second-order valence-corrected chi connectivity index (χ2v) is 6.37. The van der Waals surface area contributed by atoms with Crippen molar-refractivity contribution in [1.82, 2.24) is 20.1 Å². The highest BCUT2D eigenvalue weighted by Gasteiger charge is 2.17. The standard InChI is InChI=1S/C13H20N4S/c1-13(2,3)11-9-18-12(16-11)8-14-7-10-5-6-15-17(10)4/h5-6,9,14H,7-8H2,1-4H3. The molecule has 98 valence electrons. The monoisotopic (exact) mass is 264 g/mol. The molecule has 0 spiro atoms. The van der Waals surface area contributed by atoms with Crippen LogP contribution in [0.5, 0.6) is 0 Å². The maximum absolute atomic E-state index is 4.66. The van der Waals surface area contributed by atoms with Crippen LogP contribution in [0.2, 0.25) is 0 Å². The minimum Gasteiger partial charge on any atom is -0.305 e. The zero-order valence-corrected chi connectivity index (χ0v) is 12.2. The topological polar surface area (TPSA) is 42.7 Å². The van der Waals surface area contributed by atoms with Crippen LogP contribution in [0.3, 0.4) is 0 Å². The smallest absolute Gasteiger partial charge is 0.107 e. The molecule has 18 heavy (non-hydrogen) atoms. The summed E-state index contributed by atoms with van der Waals surface area (Å²) >= 11 is 1.72. The highest BCUT2D eigenvalue weighted by Crippen LogP contribution is 2.23. The lowest BCUT2D eigenvalue weighted by molar-refractivity contribution is 0.566. The first-order chi connectivity index (χ1) is 8.47. The van der Waals surface area contributed by atoms with Crippen molar-refractivity contribution in [3.63, 3.8) is 0 Å². The summed E-state index contributed by atoms with van der Waals surface area (Å²) in [6.07, 6.45) is 1.82. The summed E-state index contributed by atoms with van der Waals surface area (Å²) in [7, 11) is 1.96. The molecule has 2 aromatic heterocycles. The third-order valence-electron chi connectivity index (χ3n) is 2.82. The van der Waals surface area contributed by atoms with E-state index >= 15 is 0 Å². The number of aromatic nitrogens is 3. The van der Waals surface area contributed by atoms with Crippen molar-refractivity contribution >= 4 is 11.3 Å². The van der Waals surface area contributed by atoms with Gasteiger partial charge in [0.15, 0.2) is 0 Å². The Bertz CT molecular complexity index is 507. The van der Waals surface area contributed by atoms with E-state index in [-0.39, 0.29) is 5.41 Å². The molecule has 0 unspecified atom stereocenters. The third kappa shape index (κ3) is 3.17. The molecule has 0 radical (unpaired) electrons. The Morgan fingerprint density at radius 1 is 1.33 bits per heavy atom. The first-order valence-corrected chi connectivity index (χ1v) is 6.97. The summed E-state index contributed by atoms with van der Waals surface area (Å²) in [5.41, 5.74) is 2.49. The Kier molecular flexibility index (Phi) is 3.82. The van der Waals surface area contributed by atoms with Gasteiger partial charge in [-0.1, -0.05) is 20.8 Å². The molecule has 0 aromatic carbocycles. The Hall–Kier alpha value is -1.20. The summed E-state index contributed by atoms with van der Waals surface area (Å²) in [5, 5.41) is 10.8. The van der Waals surface area contributed by atoms with Crippen LogP contribution in [0.1, 0.15) is 37.2 Å². The van der Waals surface area contributed by atoms with Crippen molar-refractivity contribution < 1.29 is 0 Å². The van der Waals surface area contributed by atoms with E-state index in [2.05, 4.69) is 41.6 Å². The number of nitrogens with one attached hydrogen (secondary N) is 1. The summed E-state index contributed by atoms with van der Waals surface area (Å²) < 4.78 is 1.88. The fourth-order valence-corrected chi connectivity index (χ4v) is 2.60. The van der Waals surface area contributed by atoms with Crippen molar-refractivity contribution in [2.75, 3.05) is 0 Å². The van der Waals surface area contributed by atoms with Gasteiger partial charge in [-0.25, -0.2) is 4.98 Å². The fourth-order valence-electron chi connectivity index (χ4n) is 1.61. The van der Waals surface area contributed by atoms with Crippen LogP contribution < -0.4 is 5.32 Å². The zero-order valence-electron chi connectivity index (χ0n) is 11.4. The summed E-state index contributed by atoms with van der Waals surface area (Å²) in [5.74, 6) is 0. The largest absolute Gasteiger partial charge is 0.305 e. The van der Waals surface area contributed by atoms with E-state index in [0.717, 1.165) is 18.1 Å². The van der Waals surface area contributed by atoms with Crippen LogP contribution in [0, 0.1) is 0 Å². The number of nitrogens with zero attached hydrogens (tertiary/aromatic N) is 3. The number of hydrogen-bond acceptors (Lipinski definition) is 4. The molecule has 0 saturated carbocycles. The molecule has 0 fully saturated rings. The van der Waals surface area contributed by atoms with Gasteiger partial charge in [-0.15, -0.1) is 11.3 Å². The molecule has 0 aliphatic rings. The molecule has 2 rings (SSSR count). The Morgan fingerprint density at radius 2 is 2.11 bits per heavy atom. The SMILES string of the molecule is Cn1nccc1CNCc1nc(C(C)(C)C)cs1. The molecular formula is C13H20N4S. The number of thiazole rings is 1. The molecule has 4 nitrogen and oxygen atoms in total. The molecule has 0 saturated heterocycles. The normalized spacial score (nSPS) is 12.0. The van der Waals surface area contributed by atoms with Gasteiger partial charge >= 0.3 is 0 Å². The van der Waals surface area contributed by atoms with Gasteiger partial charge in [0.25, 0.3) is 0 Å². The molecule has 0 aliphatic carbocycles. The summed E-state index contributed by atoms with van der Waals surface area (Å²) in [6, 6.07) is 2.02. The Labute approximate surface area is 112 Å². The van der Waals surface area contributed by atoms with Gasteiger partial charge in [0, 0.05) is 37.1 Å². The van der Waals surface area contributed by atoms with Gasteiger partial charge < -0.3 is 5.32 Å². The highest BCUT2D eigenvalue weighted by atomic mass is 32.1. The first kappa shape index (κ1) is 13.2. The maximum Gasteiger partial charge on any atom is 0.107 e. The molecule has 1 N–H and O–H groups in total. The van der Waals surface area contributed by atoms with Crippen molar-refractivity contribution in [3.05, 3.63) is 34.0 Å². The summed E-state index contributed by atoms with van der Waals surface area (Å²) in [4.78, 5) is 4.66. The minimum absolute atomic E-state index is 0.136. The van der Waals surface area contributed by atoms with Crippen molar-refractivity contribution in [1.29, 1.82) is 0 Å². The van der Waals surface area contributed by atoms with Gasteiger partial charge in [0.1, 0.15) is 5.01 Å². The van der Waals surface area contributed by atoms with Crippen molar-refractivity contribution in [3.8, 4) is 0 Å². The lowest BCUT2D eigenvalue weighted by atomic mass is 9.93. The van der Waals surface area contributed by atoms with Crippen LogP contribution in [-0.2, 0) is 25.6 Å². The molecule has 0 bridgehead atoms. The van der Waals surface area contributed by atoms with E-state index in [0.29, 0.717) is 0 Å². The molecule has 2 heterocycles. The average Bonchev–Trinajstić information content (AvgIpc) is 2.88. The molecule has 0 aliphatic heterocycles. The average molecular weight is 264 g/mol. The lowest BCUT2D eigenvalue weighted by Gasteiger charge is -2.14. The van der Waals surface area contributed by atoms with Gasteiger partial charge in [0.2, 0.25) is 0 Å². The van der Waals surface area contributed by atoms with Gasteiger partial charge in [-0.3, -0.25) is 4.68 Å². The number of rotatable bonds is 4. The second kappa shape index (κ2) is 5.20. The first-order valence-electron chi connectivity index (χ1n) is 6.09. The zero-order chi connectivity index (χ0) is 13.2. The predicted molar refractivity (Wildman–Crippen MR) is 74.6 cm³/mol. The van der Waals surface area contributed by atoms with Gasteiger partial charge in [-0.2, -0.15) is 5.10 Å². The van der Waals surface area contributed by atoms with Crippen LogP contribution in [0.25, 0.3) is 0 Å². The van der Waals surface area contributed by atoms with E-state index in [1.165, 1.54) is 11.4 Å². The molecule has 5 heteroatoms. The van der Waals surface area contributed by atoms with E-state index in [1.807, 2.05) is 24.0 Å². The van der Waals surface area contributed by atoms with Crippen molar-refractivity contribution in [2.45, 2.75) is 39.3 Å². The van der Waals surface area contributed by atoms with E-state index < -0.39 is 0 Å². The minimum atomic E-state index is 0.136. The maximum atomic E-state index is 4.66. The highest BCUT2D eigenvalue weighted by molar-refractivity contribution is 7.09. The van der Waals surface area contributed by atoms with Crippen LogP contribution in [-0.4, -0.2) is 14.8 Å². The third-order valence-corrected chi connectivity index (χ3v) is 3.67. The van der Waals surface area contributed by atoms with E-state index in [1.54, 1.807) is 11.3 Å². The summed E-state index contributed by atoms with van der Waals surface area (Å²) in [6.45, 7) is 8.20. The van der Waals surface area contributed by atoms with Gasteiger partial charge in [-0.05, 0) is 6.07 Å². The van der Waals surface area contributed by atoms with Crippen LogP contribution >= 0.6 is 11.3 Å². The van der Waals surface area contributed by atoms with Crippen LogP contribution in [0.4, 0.5) is 0 Å². The second-order valence-electron chi connectivity index (χ2n) is 5.43. The number of hydrogen-bond donors (Lipinski definition) is 1. The predicted octanol–water partition coefficient (Wildman–Crippen LogP) is 2.46. The molecular weight excluding hydrogens is 244 g/mol. The molecule has 0 amide bonds. The molecule has 0 atom stereocenters. The quantitative estimate of drug-likeness (QED) is 0.922. The number of aryl methyl sites for hydroxylation is 1. The fraction of sp³-hybridized carbons (Fsp3) is 0.538. The Morgan fingerprint density at radius 3 is 2.67 bits per heavy atom. The van der Waals surface area contributed by atoms with E-state index in [4.69, 9.17) is 0 Å². The Balaban J connectivity index is 1.88. The van der Waals surface area contributed by atoms with Gasteiger partial charge in [0.05, 0.1) is 11.4 Å². The van der Waals surface area contributed by atoms with Crippen LogP contribution in [0.15, 0.2) is 17.6 Å². The van der Waals surface area contributed by atoms with Crippen molar-refractivity contribution in [2.24, 2.45) is 7.05 Å². The van der Waals surface area contributed by atoms with E-state index in [9.17, 15) is 0 Å².